The van der Waals surface area contributed by atoms with E-state index in [9.17, 15) is 9.59 Å². The van der Waals surface area contributed by atoms with E-state index in [1.807, 2.05) is 0 Å². The number of nitrogens with zero attached hydrogens (tertiary/aromatic N) is 1. The quantitative estimate of drug-likeness (QED) is 0.426. The van der Waals surface area contributed by atoms with E-state index >= 15 is 0 Å². The highest BCUT2D eigenvalue weighted by atomic mass is 16.4. The summed E-state index contributed by atoms with van der Waals surface area (Å²) in [5.41, 5.74) is 0.167. The van der Waals surface area contributed by atoms with Gasteiger partial charge in [0.15, 0.2) is 0 Å². The van der Waals surface area contributed by atoms with Gasteiger partial charge >= 0.3 is 11.9 Å². The van der Waals surface area contributed by atoms with Gasteiger partial charge in [0.25, 0.3) is 0 Å². The molecule has 1 rings (SSSR count). The second kappa shape index (κ2) is 11.6. The van der Waals surface area contributed by atoms with Crippen LogP contribution in [-0.4, -0.2) is 81.8 Å². The Hall–Kier alpha value is -2.00. The summed E-state index contributed by atoms with van der Waals surface area (Å²) in [5, 5.41) is 42.4. The van der Waals surface area contributed by atoms with Crippen molar-refractivity contribution in [3.05, 3.63) is 35.4 Å². The summed E-state index contributed by atoms with van der Waals surface area (Å²) in [6.07, 6.45) is 0. The molecule has 0 aliphatic heterocycles. The van der Waals surface area contributed by atoms with Gasteiger partial charge in [-0.3, -0.25) is 4.90 Å². The SMILES string of the molecule is O=C(O)c1ccc(C(=O)O)cc1.OCCN(CCO)CCO. The third kappa shape index (κ3) is 8.32. The van der Waals surface area contributed by atoms with Crippen molar-refractivity contribution in [3.8, 4) is 0 Å². The zero-order valence-corrected chi connectivity index (χ0v) is 12.1. The van der Waals surface area contributed by atoms with Crippen molar-refractivity contribution in [1.82, 2.24) is 4.90 Å². The highest BCUT2D eigenvalue weighted by molar-refractivity contribution is 5.91. The molecular formula is C14H21NO7. The molecule has 1 aromatic carbocycles. The summed E-state index contributed by atoms with van der Waals surface area (Å²) in [4.78, 5) is 22.5. The van der Waals surface area contributed by atoms with Gasteiger partial charge in [-0.15, -0.1) is 0 Å². The Labute approximate surface area is 127 Å². The molecule has 8 nitrogen and oxygen atoms in total. The summed E-state index contributed by atoms with van der Waals surface area (Å²) in [6.45, 7) is 1.75. The van der Waals surface area contributed by atoms with E-state index in [0.29, 0.717) is 19.6 Å². The van der Waals surface area contributed by atoms with Crippen LogP contribution in [0.2, 0.25) is 0 Å². The fourth-order valence-corrected chi connectivity index (χ4v) is 1.52. The molecule has 8 heteroatoms. The minimum atomic E-state index is -1.06. The van der Waals surface area contributed by atoms with Crippen LogP contribution >= 0.6 is 0 Å². The molecule has 0 saturated heterocycles. The number of aromatic carboxylic acids is 2. The maximum Gasteiger partial charge on any atom is 0.335 e. The summed E-state index contributed by atoms with van der Waals surface area (Å²) < 4.78 is 0. The molecule has 124 valence electrons. The van der Waals surface area contributed by atoms with E-state index in [0.717, 1.165) is 0 Å². The molecule has 0 atom stereocenters. The molecule has 0 aliphatic rings. The summed E-state index contributed by atoms with van der Waals surface area (Å²) in [6, 6.07) is 5.02. The van der Waals surface area contributed by atoms with Crippen LogP contribution in [0.4, 0.5) is 0 Å². The second-order valence-electron chi connectivity index (χ2n) is 4.20. The summed E-state index contributed by atoms with van der Waals surface area (Å²) in [5.74, 6) is -2.13. The van der Waals surface area contributed by atoms with Crippen molar-refractivity contribution in [2.45, 2.75) is 0 Å². The average Bonchev–Trinajstić information content (AvgIpc) is 2.49. The van der Waals surface area contributed by atoms with Gasteiger partial charge in [0, 0.05) is 19.6 Å². The third-order valence-corrected chi connectivity index (χ3v) is 2.63. The smallest absolute Gasteiger partial charge is 0.335 e. The van der Waals surface area contributed by atoms with Gasteiger partial charge in [-0.05, 0) is 24.3 Å². The Balaban J connectivity index is 0.000000409. The van der Waals surface area contributed by atoms with Crippen LogP contribution in [-0.2, 0) is 0 Å². The first-order chi connectivity index (χ1) is 10.5. The molecule has 0 saturated carbocycles. The Morgan fingerprint density at radius 2 is 1.00 bits per heavy atom. The normalized spacial score (nSPS) is 10.0. The van der Waals surface area contributed by atoms with Gasteiger partial charge in [0.1, 0.15) is 0 Å². The van der Waals surface area contributed by atoms with Crippen molar-refractivity contribution >= 4 is 11.9 Å². The van der Waals surface area contributed by atoms with Gasteiger partial charge in [-0.2, -0.15) is 0 Å². The maximum absolute atomic E-state index is 10.3. The summed E-state index contributed by atoms with van der Waals surface area (Å²) in [7, 11) is 0. The topological polar surface area (TPSA) is 139 Å². The van der Waals surface area contributed by atoms with Gasteiger partial charge in [0.2, 0.25) is 0 Å². The Morgan fingerprint density at radius 3 is 1.18 bits per heavy atom. The van der Waals surface area contributed by atoms with Crippen molar-refractivity contribution in [2.24, 2.45) is 0 Å². The molecule has 0 amide bonds. The molecule has 0 spiro atoms. The molecule has 0 unspecified atom stereocenters. The Kier molecular flexibility index (Phi) is 10.6. The minimum absolute atomic E-state index is 0.0694. The van der Waals surface area contributed by atoms with Gasteiger partial charge < -0.3 is 25.5 Å². The zero-order chi connectivity index (χ0) is 17.0. The Morgan fingerprint density at radius 1 is 0.727 bits per heavy atom. The predicted molar refractivity (Wildman–Crippen MR) is 78.1 cm³/mol. The molecule has 5 N–H and O–H groups in total. The first-order valence-electron chi connectivity index (χ1n) is 6.57. The zero-order valence-electron chi connectivity index (χ0n) is 12.1. The predicted octanol–water partition coefficient (Wildman–Crippen LogP) is -0.652. The van der Waals surface area contributed by atoms with Gasteiger partial charge in [-0.25, -0.2) is 9.59 Å². The van der Waals surface area contributed by atoms with Crippen molar-refractivity contribution in [2.75, 3.05) is 39.5 Å². The molecule has 22 heavy (non-hydrogen) atoms. The van der Waals surface area contributed by atoms with Gasteiger partial charge in [-0.1, -0.05) is 0 Å². The number of hydrogen-bond donors (Lipinski definition) is 5. The number of benzene rings is 1. The van der Waals surface area contributed by atoms with Crippen LogP contribution in [0.1, 0.15) is 20.7 Å². The minimum Gasteiger partial charge on any atom is -0.478 e. The monoisotopic (exact) mass is 315 g/mol. The van der Waals surface area contributed by atoms with Gasteiger partial charge in [0.05, 0.1) is 30.9 Å². The Bertz CT molecular complexity index is 400. The van der Waals surface area contributed by atoms with E-state index in [-0.39, 0.29) is 30.9 Å². The molecule has 1 aromatic rings. The van der Waals surface area contributed by atoms with E-state index in [4.69, 9.17) is 25.5 Å². The van der Waals surface area contributed by atoms with Crippen LogP contribution in [0.15, 0.2) is 24.3 Å². The number of carboxylic acid groups (broad SMARTS) is 2. The molecular weight excluding hydrogens is 294 g/mol. The molecule has 0 bridgehead atoms. The number of hydrogen-bond acceptors (Lipinski definition) is 6. The molecule has 0 aromatic heterocycles. The fourth-order valence-electron chi connectivity index (χ4n) is 1.52. The molecule has 0 fully saturated rings. The number of carbonyl (C=O) groups is 2. The highest BCUT2D eigenvalue weighted by Crippen LogP contribution is 2.03. The van der Waals surface area contributed by atoms with E-state index in [2.05, 4.69) is 0 Å². The number of aliphatic hydroxyl groups excluding tert-OH is 3. The molecule has 0 aliphatic carbocycles. The standard InChI is InChI=1S/C8H6O4.C6H15NO3/c9-7(10)5-1-2-6(4-3-5)8(11)12;8-4-1-7(2-5-9)3-6-10/h1-4H,(H,9,10)(H,11,12);8-10H,1-6H2. The lowest BCUT2D eigenvalue weighted by molar-refractivity contribution is 0.0681. The van der Waals surface area contributed by atoms with Crippen LogP contribution in [0.25, 0.3) is 0 Å². The number of carboxylic acids is 2. The third-order valence-electron chi connectivity index (χ3n) is 2.63. The molecule has 0 heterocycles. The van der Waals surface area contributed by atoms with Crippen molar-refractivity contribution in [3.63, 3.8) is 0 Å². The van der Waals surface area contributed by atoms with E-state index in [1.54, 1.807) is 4.90 Å². The number of rotatable bonds is 8. The highest BCUT2D eigenvalue weighted by Gasteiger charge is 2.04. The van der Waals surface area contributed by atoms with E-state index < -0.39 is 11.9 Å². The first kappa shape index (κ1) is 20.0. The summed E-state index contributed by atoms with van der Waals surface area (Å²) >= 11 is 0. The maximum atomic E-state index is 10.3. The average molecular weight is 315 g/mol. The lowest BCUT2D eigenvalue weighted by atomic mass is 10.1. The largest absolute Gasteiger partial charge is 0.478 e. The molecule has 0 radical (unpaired) electrons. The fraction of sp³-hybridized carbons (Fsp3) is 0.429. The lowest BCUT2D eigenvalue weighted by Gasteiger charge is -2.17. The lowest BCUT2D eigenvalue weighted by Crippen LogP contribution is -2.32. The van der Waals surface area contributed by atoms with Crippen LogP contribution in [0, 0.1) is 0 Å². The van der Waals surface area contributed by atoms with Crippen molar-refractivity contribution < 1.29 is 35.1 Å². The van der Waals surface area contributed by atoms with E-state index in [1.165, 1.54) is 24.3 Å². The van der Waals surface area contributed by atoms with Crippen LogP contribution < -0.4 is 0 Å². The number of aliphatic hydroxyl groups is 3. The van der Waals surface area contributed by atoms with Crippen LogP contribution in [0.5, 0.6) is 0 Å². The second-order valence-corrected chi connectivity index (χ2v) is 4.20. The van der Waals surface area contributed by atoms with Crippen LogP contribution in [0.3, 0.4) is 0 Å². The first-order valence-corrected chi connectivity index (χ1v) is 6.57. The van der Waals surface area contributed by atoms with Crippen molar-refractivity contribution in [1.29, 1.82) is 0 Å².